The molecule has 0 amide bonds. The van der Waals surface area contributed by atoms with E-state index in [1.807, 2.05) is 0 Å². The molecular weight excluding hydrogens is 370 g/mol. The number of carbonyl (C=O) groups excluding carboxylic acids is 1. The number of ether oxygens (including phenoxy) is 1. The lowest BCUT2D eigenvalue weighted by Crippen LogP contribution is -1.90. The maximum Gasteiger partial charge on any atom is 0.323 e. The number of benzene rings is 1. The van der Waals surface area contributed by atoms with Crippen molar-refractivity contribution in [2.75, 3.05) is 0 Å². The van der Waals surface area contributed by atoms with E-state index in [2.05, 4.69) is 15.9 Å². The Morgan fingerprint density at radius 3 is 2.70 bits per heavy atom. The zero-order valence-corrected chi connectivity index (χ0v) is 13.2. The molecule has 0 spiro atoms. The largest absolute Gasteiger partial charge is 0.438 e. The quantitative estimate of drug-likeness (QED) is 0.424. The number of carbonyl (C=O) groups is 1. The van der Waals surface area contributed by atoms with Gasteiger partial charge in [0.2, 0.25) is 0 Å². The van der Waals surface area contributed by atoms with E-state index in [-0.39, 0.29) is 27.2 Å². The molecule has 5 nitrogen and oxygen atoms in total. The number of Topliss-reactive ketones (excluding diaryl/α,β-unsaturated/α-hetero) is 1. The summed E-state index contributed by atoms with van der Waals surface area (Å²) in [5, 5.41) is 11.3. The molecule has 20 heavy (non-hydrogen) atoms. The van der Waals surface area contributed by atoms with Gasteiger partial charge in [-0.25, -0.2) is 0 Å². The van der Waals surface area contributed by atoms with Crippen molar-refractivity contribution in [2.45, 2.75) is 6.92 Å². The van der Waals surface area contributed by atoms with E-state index in [1.54, 1.807) is 18.2 Å². The Bertz CT molecular complexity index is 701. The van der Waals surface area contributed by atoms with Crippen molar-refractivity contribution < 1.29 is 14.5 Å². The summed E-state index contributed by atoms with van der Waals surface area (Å²) >= 11 is 10.2. The number of rotatable bonds is 4. The molecule has 0 fully saturated rings. The van der Waals surface area contributed by atoms with Gasteiger partial charge in [-0.3, -0.25) is 14.9 Å². The zero-order valence-electron chi connectivity index (χ0n) is 10.1. The van der Waals surface area contributed by atoms with Crippen molar-refractivity contribution in [3.8, 4) is 10.8 Å². The summed E-state index contributed by atoms with van der Waals surface area (Å²) in [5.74, 6) is 0.0322. The number of ketones is 1. The Morgan fingerprint density at radius 1 is 1.45 bits per heavy atom. The van der Waals surface area contributed by atoms with Crippen LogP contribution in [0.3, 0.4) is 0 Å². The molecule has 0 unspecified atom stereocenters. The third-order valence-electron chi connectivity index (χ3n) is 2.32. The highest BCUT2D eigenvalue weighted by Gasteiger charge is 2.23. The highest BCUT2D eigenvalue weighted by molar-refractivity contribution is 9.10. The summed E-state index contributed by atoms with van der Waals surface area (Å²) in [6.45, 7) is 1.34. The predicted molar refractivity (Wildman–Crippen MR) is 80.2 cm³/mol. The van der Waals surface area contributed by atoms with Crippen LogP contribution in [0.5, 0.6) is 10.8 Å². The Hall–Kier alpha value is -1.44. The van der Waals surface area contributed by atoms with Gasteiger partial charge in [-0.2, -0.15) is 0 Å². The summed E-state index contributed by atoms with van der Waals surface area (Å²) in [6, 6.07) is 6.10. The van der Waals surface area contributed by atoms with Gasteiger partial charge in [0.25, 0.3) is 5.06 Å². The fraction of sp³-hybridized carbons (Fsp3) is 0.0833. The molecule has 1 aromatic heterocycles. The van der Waals surface area contributed by atoms with Crippen molar-refractivity contribution in [3.05, 3.63) is 48.8 Å². The Balaban J connectivity index is 2.42. The molecule has 0 saturated heterocycles. The lowest BCUT2D eigenvalue weighted by atomic mass is 10.3. The van der Waals surface area contributed by atoms with Gasteiger partial charge in [0, 0.05) is 10.5 Å². The van der Waals surface area contributed by atoms with Gasteiger partial charge >= 0.3 is 5.69 Å². The minimum Gasteiger partial charge on any atom is -0.438 e. The molecule has 0 N–H and O–H groups in total. The molecule has 0 aliphatic carbocycles. The number of nitro groups is 1. The molecule has 2 rings (SSSR count). The van der Waals surface area contributed by atoms with Crippen molar-refractivity contribution in [2.24, 2.45) is 0 Å². The van der Waals surface area contributed by atoms with Crippen LogP contribution >= 0.6 is 38.9 Å². The molecule has 8 heteroatoms. The number of halogens is 2. The second-order valence-electron chi connectivity index (χ2n) is 3.77. The fourth-order valence-corrected chi connectivity index (χ4v) is 2.99. The Morgan fingerprint density at radius 2 is 2.15 bits per heavy atom. The van der Waals surface area contributed by atoms with E-state index in [4.69, 9.17) is 16.3 Å². The highest BCUT2D eigenvalue weighted by atomic mass is 79.9. The Labute approximate surface area is 131 Å². The van der Waals surface area contributed by atoms with Gasteiger partial charge in [-0.05, 0) is 25.1 Å². The number of thiophene rings is 1. The van der Waals surface area contributed by atoms with Gasteiger partial charge in [0.15, 0.2) is 5.78 Å². The zero-order chi connectivity index (χ0) is 14.9. The van der Waals surface area contributed by atoms with E-state index in [1.165, 1.54) is 13.0 Å². The van der Waals surface area contributed by atoms with Crippen LogP contribution in [-0.4, -0.2) is 10.7 Å². The summed E-state index contributed by atoms with van der Waals surface area (Å²) < 4.78 is 6.22. The molecule has 104 valence electrons. The molecule has 0 atom stereocenters. The molecule has 0 radical (unpaired) electrons. The first-order valence-electron chi connectivity index (χ1n) is 5.30. The van der Waals surface area contributed by atoms with Gasteiger partial charge in [-0.15, -0.1) is 0 Å². The molecule has 1 heterocycles. The van der Waals surface area contributed by atoms with E-state index in [0.717, 1.165) is 15.8 Å². The lowest BCUT2D eigenvalue weighted by molar-refractivity contribution is -0.385. The van der Waals surface area contributed by atoms with E-state index >= 15 is 0 Å². The molecule has 0 bridgehead atoms. The Kier molecular flexibility index (Phi) is 4.42. The van der Waals surface area contributed by atoms with Gasteiger partial charge in [0.05, 0.1) is 14.8 Å². The van der Waals surface area contributed by atoms with Crippen LogP contribution in [0.15, 0.2) is 28.7 Å². The average Bonchev–Trinajstić information content (AvgIpc) is 2.77. The molecule has 0 aliphatic rings. The van der Waals surface area contributed by atoms with Crippen LogP contribution in [0.1, 0.15) is 16.6 Å². The highest BCUT2D eigenvalue weighted by Crippen LogP contribution is 2.42. The summed E-state index contributed by atoms with van der Waals surface area (Å²) in [4.78, 5) is 21.9. The average molecular weight is 377 g/mol. The van der Waals surface area contributed by atoms with Crippen LogP contribution < -0.4 is 4.74 Å². The van der Waals surface area contributed by atoms with E-state index in [9.17, 15) is 14.9 Å². The molecular formula is C12H7BrClNO4S. The van der Waals surface area contributed by atoms with Crippen molar-refractivity contribution in [1.29, 1.82) is 0 Å². The third-order valence-corrected chi connectivity index (χ3v) is 4.21. The monoisotopic (exact) mass is 375 g/mol. The standard InChI is InChI=1S/C12H7BrClNO4S/c1-6(16)11-5-9(15(17)18)12(20-11)19-10-3-2-7(13)4-8(10)14/h2-5H,1H3. The normalized spacial score (nSPS) is 10.3. The van der Waals surface area contributed by atoms with Crippen LogP contribution in [0.25, 0.3) is 0 Å². The SMILES string of the molecule is CC(=O)c1cc([N+](=O)[O-])c(Oc2ccc(Br)cc2Cl)s1. The first-order chi connectivity index (χ1) is 9.38. The first-order valence-corrected chi connectivity index (χ1v) is 7.29. The van der Waals surface area contributed by atoms with E-state index in [0.29, 0.717) is 5.02 Å². The smallest absolute Gasteiger partial charge is 0.323 e. The van der Waals surface area contributed by atoms with Crippen LogP contribution in [0.2, 0.25) is 5.02 Å². The molecule has 0 aliphatic heterocycles. The number of hydrogen-bond acceptors (Lipinski definition) is 5. The topological polar surface area (TPSA) is 69.4 Å². The third kappa shape index (κ3) is 3.17. The van der Waals surface area contributed by atoms with Crippen molar-refractivity contribution in [3.63, 3.8) is 0 Å². The molecule has 1 aromatic carbocycles. The second-order valence-corrected chi connectivity index (χ2v) is 6.11. The van der Waals surface area contributed by atoms with Gasteiger partial charge in [-0.1, -0.05) is 38.9 Å². The molecule has 2 aromatic rings. The van der Waals surface area contributed by atoms with Crippen LogP contribution in [0, 0.1) is 10.1 Å². The number of hydrogen-bond donors (Lipinski definition) is 0. The predicted octanol–water partition coefficient (Wildman–Crippen LogP) is 5.07. The fourth-order valence-electron chi connectivity index (χ4n) is 1.40. The minimum atomic E-state index is -0.592. The summed E-state index contributed by atoms with van der Waals surface area (Å²) in [7, 11) is 0. The maximum atomic E-state index is 11.3. The van der Waals surface area contributed by atoms with E-state index < -0.39 is 4.92 Å². The molecule has 0 saturated carbocycles. The minimum absolute atomic E-state index is 0.0319. The summed E-state index contributed by atoms with van der Waals surface area (Å²) in [5.41, 5.74) is -0.251. The van der Waals surface area contributed by atoms with Crippen LogP contribution in [0.4, 0.5) is 5.69 Å². The summed E-state index contributed by atoms with van der Waals surface area (Å²) in [6.07, 6.45) is 0. The van der Waals surface area contributed by atoms with Gasteiger partial charge in [0.1, 0.15) is 5.75 Å². The second kappa shape index (κ2) is 5.90. The maximum absolute atomic E-state index is 11.3. The lowest BCUT2D eigenvalue weighted by Gasteiger charge is -2.05. The number of nitrogens with zero attached hydrogens (tertiary/aromatic N) is 1. The van der Waals surface area contributed by atoms with Crippen LogP contribution in [-0.2, 0) is 0 Å². The first kappa shape index (κ1) is 15.0. The van der Waals surface area contributed by atoms with Crippen molar-refractivity contribution >= 4 is 50.3 Å². The van der Waals surface area contributed by atoms with Crippen molar-refractivity contribution in [1.82, 2.24) is 0 Å². The van der Waals surface area contributed by atoms with Gasteiger partial charge < -0.3 is 4.74 Å².